The van der Waals surface area contributed by atoms with Gasteiger partial charge >= 0.3 is 0 Å². The first-order valence-electron chi connectivity index (χ1n) is 10.1. The van der Waals surface area contributed by atoms with E-state index in [1.54, 1.807) is 24.3 Å². The number of hydrogen-bond acceptors (Lipinski definition) is 6. The first-order chi connectivity index (χ1) is 15.8. The van der Waals surface area contributed by atoms with Crippen molar-refractivity contribution in [1.82, 2.24) is 0 Å². The molecule has 1 aliphatic heterocycles. The van der Waals surface area contributed by atoms with Crippen LogP contribution >= 0.6 is 11.6 Å². The highest BCUT2D eigenvalue weighted by Crippen LogP contribution is 2.45. The van der Waals surface area contributed by atoms with Gasteiger partial charge in [-0.25, -0.2) is 0 Å². The molecule has 0 saturated carbocycles. The third kappa shape index (κ3) is 3.85. The van der Waals surface area contributed by atoms with Gasteiger partial charge in [0, 0.05) is 11.8 Å². The van der Waals surface area contributed by atoms with Gasteiger partial charge in [0.05, 0.1) is 36.6 Å². The first kappa shape index (κ1) is 22.5. The molecule has 2 aromatic carbocycles. The third-order valence-corrected chi connectivity index (χ3v) is 5.77. The molecule has 1 saturated heterocycles. The summed E-state index contributed by atoms with van der Waals surface area (Å²) < 4.78 is 16.2. The third-order valence-electron chi connectivity index (χ3n) is 5.47. The van der Waals surface area contributed by atoms with Crippen LogP contribution in [0.1, 0.15) is 28.5 Å². The van der Waals surface area contributed by atoms with Crippen LogP contribution < -0.4 is 14.4 Å². The lowest BCUT2D eigenvalue weighted by Crippen LogP contribution is -2.29. The van der Waals surface area contributed by atoms with Gasteiger partial charge in [-0.3, -0.25) is 14.5 Å². The number of nitrogens with zero attached hydrogens (tertiary/aromatic N) is 1. The highest BCUT2D eigenvalue weighted by atomic mass is 35.5. The zero-order valence-electron chi connectivity index (χ0n) is 18.5. The Labute approximate surface area is 195 Å². The monoisotopic (exact) mass is 467 g/mol. The lowest BCUT2D eigenvalue weighted by molar-refractivity contribution is -0.132. The predicted molar refractivity (Wildman–Crippen MR) is 124 cm³/mol. The van der Waals surface area contributed by atoms with Gasteiger partial charge in [-0.2, -0.15) is 0 Å². The van der Waals surface area contributed by atoms with Crippen LogP contribution in [0.4, 0.5) is 5.69 Å². The number of furan rings is 1. The molecule has 1 amide bonds. The van der Waals surface area contributed by atoms with Gasteiger partial charge in [0.2, 0.25) is 0 Å². The highest BCUT2D eigenvalue weighted by molar-refractivity contribution is 6.51. The van der Waals surface area contributed by atoms with Crippen molar-refractivity contribution >= 4 is 34.7 Å². The van der Waals surface area contributed by atoms with Gasteiger partial charge in [0.15, 0.2) is 0 Å². The molecule has 1 aliphatic rings. The maximum absolute atomic E-state index is 13.3. The van der Waals surface area contributed by atoms with Crippen LogP contribution in [0.15, 0.2) is 58.7 Å². The van der Waals surface area contributed by atoms with Crippen molar-refractivity contribution < 1.29 is 28.6 Å². The summed E-state index contributed by atoms with van der Waals surface area (Å²) in [4.78, 5) is 27.8. The molecule has 3 aromatic rings. The minimum absolute atomic E-state index is 0.128. The summed E-state index contributed by atoms with van der Waals surface area (Å²) in [5.41, 5.74) is 2.41. The van der Waals surface area contributed by atoms with E-state index in [-0.39, 0.29) is 27.7 Å². The number of aliphatic hydroxyl groups excluding tert-OH is 1. The molecule has 1 fully saturated rings. The van der Waals surface area contributed by atoms with Crippen LogP contribution in [0.3, 0.4) is 0 Å². The molecule has 4 rings (SSSR count). The van der Waals surface area contributed by atoms with Crippen molar-refractivity contribution in [3.8, 4) is 11.5 Å². The van der Waals surface area contributed by atoms with Crippen molar-refractivity contribution in [3.05, 3.63) is 81.8 Å². The molecule has 0 bridgehead atoms. The Morgan fingerprint density at radius 3 is 2.27 bits per heavy atom. The SMILES string of the molecule is COc1cc(/C(O)=C2\C(=O)C(=O)N(c3cc(C)cc(C)c3)C2c2ccco2)c(OC)cc1Cl. The Bertz CT molecular complexity index is 1260. The summed E-state index contributed by atoms with van der Waals surface area (Å²) in [6.45, 7) is 3.81. The zero-order chi connectivity index (χ0) is 23.9. The van der Waals surface area contributed by atoms with E-state index < -0.39 is 23.5 Å². The summed E-state index contributed by atoms with van der Waals surface area (Å²) in [5.74, 6) is -1.22. The van der Waals surface area contributed by atoms with Gasteiger partial charge in [-0.05, 0) is 55.3 Å². The van der Waals surface area contributed by atoms with Gasteiger partial charge in [0.1, 0.15) is 29.1 Å². The summed E-state index contributed by atoms with van der Waals surface area (Å²) in [5, 5.41) is 11.6. The summed E-state index contributed by atoms with van der Waals surface area (Å²) in [6.07, 6.45) is 1.45. The fourth-order valence-corrected chi connectivity index (χ4v) is 4.33. The number of halogens is 1. The first-order valence-corrected chi connectivity index (χ1v) is 10.5. The van der Waals surface area contributed by atoms with Crippen LogP contribution in [0, 0.1) is 13.8 Å². The number of amides is 1. The van der Waals surface area contributed by atoms with E-state index in [2.05, 4.69) is 0 Å². The number of aryl methyl sites for hydroxylation is 2. The standard InChI is InChI=1S/C25H22ClNO6/c1-13-8-14(2)10-15(9-13)27-22(18-6-5-7-33-18)21(24(29)25(27)30)23(28)16-11-20(32-4)17(26)12-19(16)31-3/h5-12,22,28H,1-4H3/b23-21+. The second-order valence-electron chi connectivity index (χ2n) is 7.72. The number of anilines is 1. The quantitative estimate of drug-likeness (QED) is 0.315. The van der Waals surface area contributed by atoms with Crippen LogP contribution in [0.25, 0.3) is 5.76 Å². The van der Waals surface area contributed by atoms with E-state index in [0.29, 0.717) is 11.4 Å². The highest BCUT2D eigenvalue weighted by Gasteiger charge is 2.48. The molecule has 1 N–H and O–H groups in total. The molecule has 33 heavy (non-hydrogen) atoms. The Morgan fingerprint density at radius 2 is 1.70 bits per heavy atom. The number of aliphatic hydroxyl groups is 1. The average molecular weight is 468 g/mol. The number of Topliss-reactive ketones (excluding diaryl/α,β-unsaturated/α-hetero) is 1. The Kier molecular flexibility index (Phi) is 5.91. The minimum atomic E-state index is -0.979. The van der Waals surface area contributed by atoms with Gasteiger partial charge in [0.25, 0.3) is 11.7 Å². The van der Waals surface area contributed by atoms with Gasteiger partial charge in [-0.15, -0.1) is 0 Å². The summed E-state index contributed by atoms with van der Waals surface area (Å²) >= 11 is 6.19. The molecule has 1 atom stereocenters. The van der Waals surface area contributed by atoms with Crippen LogP contribution in [0.5, 0.6) is 11.5 Å². The van der Waals surface area contributed by atoms with Crippen molar-refractivity contribution in [3.63, 3.8) is 0 Å². The van der Waals surface area contributed by atoms with Crippen LogP contribution in [0.2, 0.25) is 5.02 Å². The lowest BCUT2D eigenvalue weighted by Gasteiger charge is -2.24. The maximum Gasteiger partial charge on any atom is 0.300 e. The molecule has 1 aromatic heterocycles. The fraction of sp³-hybridized carbons (Fsp3) is 0.200. The molecule has 1 unspecified atom stereocenters. The van der Waals surface area contributed by atoms with Crippen molar-refractivity contribution in [2.45, 2.75) is 19.9 Å². The maximum atomic E-state index is 13.3. The largest absolute Gasteiger partial charge is 0.507 e. The van der Waals surface area contributed by atoms with Crippen LogP contribution in [-0.4, -0.2) is 31.0 Å². The minimum Gasteiger partial charge on any atom is -0.507 e. The topological polar surface area (TPSA) is 89.2 Å². The molecule has 7 nitrogen and oxygen atoms in total. The van der Waals surface area contributed by atoms with Gasteiger partial charge in [-0.1, -0.05) is 17.7 Å². The molecule has 2 heterocycles. The van der Waals surface area contributed by atoms with Gasteiger partial charge < -0.3 is 19.0 Å². The number of methoxy groups -OCH3 is 2. The second-order valence-corrected chi connectivity index (χ2v) is 8.12. The number of rotatable bonds is 5. The smallest absolute Gasteiger partial charge is 0.300 e. The second kappa shape index (κ2) is 8.67. The molecule has 0 spiro atoms. The summed E-state index contributed by atoms with van der Waals surface area (Å²) in [6, 6.07) is 10.8. The molecular formula is C25H22ClNO6. The van der Waals surface area contributed by atoms with Crippen molar-refractivity contribution in [2.24, 2.45) is 0 Å². The molecule has 0 aliphatic carbocycles. The number of carbonyl (C=O) groups excluding carboxylic acids is 2. The van der Waals surface area contributed by atoms with E-state index in [4.69, 9.17) is 25.5 Å². The normalized spacial score (nSPS) is 17.5. The van der Waals surface area contributed by atoms with E-state index >= 15 is 0 Å². The molecule has 0 radical (unpaired) electrons. The predicted octanol–water partition coefficient (Wildman–Crippen LogP) is 5.19. The van der Waals surface area contributed by atoms with Crippen molar-refractivity contribution in [1.29, 1.82) is 0 Å². The van der Waals surface area contributed by atoms with E-state index in [9.17, 15) is 14.7 Å². The molecular weight excluding hydrogens is 446 g/mol. The summed E-state index contributed by atoms with van der Waals surface area (Å²) in [7, 11) is 2.84. The number of carbonyl (C=O) groups is 2. The van der Waals surface area contributed by atoms with Crippen molar-refractivity contribution in [2.75, 3.05) is 19.1 Å². The van der Waals surface area contributed by atoms with Crippen LogP contribution in [-0.2, 0) is 9.59 Å². The Morgan fingerprint density at radius 1 is 1.03 bits per heavy atom. The lowest BCUT2D eigenvalue weighted by atomic mass is 9.98. The Balaban J connectivity index is 1.99. The average Bonchev–Trinajstić information content (AvgIpc) is 3.39. The van der Waals surface area contributed by atoms with E-state index in [1.807, 2.05) is 19.9 Å². The van der Waals surface area contributed by atoms with E-state index in [1.165, 1.54) is 37.5 Å². The zero-order valence-corrected chi connectivity index (χ0v) is 19.3. The molecule has 170 valence electrons. The fourth-order valence-electron chi connectivity index (χ4n) is 4.10. The number of benzene rings is 2. The Hall–Kier alpha value is -3.71. The number of ether oxygens (including phenoxy) is 2. The molecule has 8 heteroatoms. The van der Waals surface area contributed by atoms with E-state index in [0.717, 1.165) is 11.1 Å². The number of ketones is 1. The number of hydrogen-bond donors (Lipinski definition) is 1.